The van der Waals surface area contributed by atoms with Crippen LogP contribution in [0.3, 0.4) is 0 Å². The molecule has 13 heavy (non-hydrogen) atoms. The summed E-state index contributed by atoms with van der Waals surface area (Å²) >= 11 is 3.30. The molecule has 1 unspecified atom stereocenters. The molecule has 1 aromatic rings. The van der Waals surface area contributed by atoms with Crippen molar-refractivity contribution in [3.63, 3.8) is 0 Å². The Bertz CT molecular complexity index is 248. The van der Waals surface area contributed by atoms with Crippen LogP contribution in [0.25, 0.3) is 0 Å². The Morgan fingerprint density at radius 2 is 2.00 bits per heavy atom. The molecule has 1 rings (SSSR count). The quantitative estimate of drug-likeness (QED) is 0.791. The van der Waals surface area contributed by atoms with Gasteiger partial charge in [-0.15, -0.1) is 0 Å². The van der Waals surface area contributed by atoms with Gasteiger partial charge in [-0.25, -0.2) is 4.39 Å². The van der Waals surface area contributed by atoms with E-state index in [4.69, 9.17) is 4.74 Å². The normalized spacial score (nSPS) is 12.8. The summed E-state index contributed by atoms with van der Waals surface area (Å²) in [6.45, 7) is 0.456. The molecule has 0 bridgehead atoms. The molecule has 0 aromatic heterocycles. The smallest absolute Gasteiger partial charge is 0.127 e. The van der Waals surface area contributed by atoms with Crippen molar-refractivity contribution in [1.82, 2.24) is 0 Å². The van der Waals surface area contributed by atoms with Gasteiger partial charge in [-0.3, -0.25) is 0 Å². The lowest BCUT2D eigenvalue weighted by molar-refractivity contribution is 0.162. The number of hydrogen-bond donors (Lipinski definition) is 0. The van der Waals surface area contributed by atoms with Crippen LogP contribution in [0, 0.1) is 0 Å². The second kappa shape index (κ2) is 5.35. The fraction of sp³-hybridized carbons (Fsp3) is 0.400. The Morgan fingerprint density at radius 1 is 1.38 bits per heavy atom. The maximum absolute atomic E-state index is 13.4. The van der Waals surface area contributed by atoms with E-state index in [0.29, 0.717) is 18.6 Å². The van der Waals surface area contributed by atoms with Crippen LogP contribution >= 0.6 is 15.9 Å². The zero-order chi connectivity index (χ0) is 9.68. The zero-order valence-corrected chi connectivity index (χ0v) is 9.05. The van der Waals surface area contributed by atoms with E-state index in [-0.39, 0.29) is 0 Å². The molecule has 0 radical (unpaired) electrons. The van der Waals surface area contributed by atoms with Crippen LogP contribution in [-0.2, 0) is 4.74 Å². The molecular weight excluding hydrogens is 235 g/mol. The number of benzene rings is 1. The summed E-state index contributed by atoms with van der Waals surface area (Å²) in [5.74, 6) is 0. The molecule has 1 atom stereocenters. The predicted molar refractivity (Wildman–Crippen MR) is 54.5 cm³/mol. The minimum atomic E-state index is -0.923. The van der Waals surface area contributed by atoms with E-state index in [1.54, 1.807) is 19.2 Å². The largest absolute Gasteiger partial charge is 0.385 e. The molecule has 0 amide bonds. The van der Waals surface area contributed by atoms with Crippen LogP contribution in [0.2, 0.25) is 0 Å². The molecule has 72 valence electrons. The van der Waals surface area contributed by atoms with E-state index in [9.17, 15) is 4.39 Å². The van der Waals surface area contributed by atoms with Crippen LogP contribution in [-0.4, -0.2) is 13.7 Å². The Labute approximate surface area is 86.0 Å². The third-order valence-corrected chi connectivity index (χ3v) is 2.34. The fourth-order valence-electron chi connectivity index (χ4n) is 1.06. The Hall–Kier alpha value is -0.410. The van der Waals surface area contributed by atoms with Gasteiger partial charge < -0.3 is 4.74 Å². The van der Waals surface area contributed by atoms with Crippen molar-refractivity contribution < 1.29 is 9.13 Å². The number of rotatable bonds is 4. The first-order valence-corrected chi connectivity index (χ1v) is 4.92. The highest BCUT2D eigenvalue weighted by Gasteiger charge is 2.08. The van der Waals surface area contributed by atoms with Gasteiger partial charge in [0.1, 0.15) is 6.17 Å². The Balaban J connectivity index is 2.55. The molecule has 0 aliphatic carbocycles. The second-order valence-corrected chi connectivity index (χ2v) is 3.72. The number of ether oxygens (including phenoxy) is 1. The number of methoxy groups -OCH3 is 1. The van der Waals surface area contributed by atoms with Gasteiger partial charge in [0, 0.05) is 24.6 Å². The van der Waals surface area contributed by atoms with Gasteiger partial charge in [0.15, 0.2) is 0 Å². The minimum Gasteiger partial charge on any atom is -0.385 e. The molecule has 0 saturated heterocycles. The maximum atomic E-state index is 13.4. The van der Waals surface area contributed by atoms with E-state index in [1.807, 2.05) is 12.1 Å². The molecule has 1 aromatic carbocycles. The lowest BCUT2D eigenvalue weighted by Gasteiger charge is -2.07. The van der Waals surface area contributed by atoms with Crippen LogP contribution < -0.4 is 0 Å². The van der Waals surface area contributed by atoms with Crippen LogP contribution in [0.1, 0.15) is 18.2 Å². The third-order valence-electron chi connectivity index (χ3n) is 1.81. The first kappa shape index (κ1) is 10.7. The lowest BCUT2D eigenvalue weighted by atomic mass is 10.1. The SMILES string of the molecule is COCCC(F)c1ccc(Br)cc1. The van der Waals surface area contributed by atoms with Gasteiger partial charge in [0.2, 0.25) is 0 Å². The van der Waals surface area contributed by atoms with Crippen molar-refractivity contribution in [3.05, 3.63) is 34.3 Å². The van der Waals surface area contributed by atoms with Crippen molar-refractivity contribution in [2.75, 3.05) is 13.7 Å². The van der Waals surface area contributed by atoms with Gasteiger partial charge in [-0.2, -0.15) is 0 Å². The minimum absolute atomic E-state index is 0.415. The Morgan fingerprint density at radius 3 is 2.54 bits per heavy atom. The summed E-state index contributed by atoms with van der Waals surface area (Å²) < 4.78 is 19.1. The second-order valence-electron chi connectivity index (χ2n) is 2.80. The standard InChI is InChI=1S/C10H12BrFO/c1-13-7-6-10(12)8-2-4-9(11)5-3-8/h2-5,10H,6-7H2,1H3. The van der Waals surface area contributed by atoms with E-state index in [0.717, 1.165) is 4.47 Å². The molecule has 0 spiro atoms. The summed E-state index contributed by atoms with van der Waals surface area (Å²) in [5, 5.41) is 0. The predicted octanol–water partition coefficient (Wildman–Crippen LogP) is 3.50. The van der Waals surface area contributed by atoms with Crippen molar-refractivity contribution in [2.45, 2.75) is 12.6 Å². The summed E-state index contributed by atoms with van der Waals surface area (Å²) in [6.07, 6.45) is -0.508. The summed E-state index contributed by atoms with van der Waals surface area (Å²) in [6, 6.07) is 7.25. The summed E-state index contributed by atoms with van der Waals surface area (Å²) in [4.78, 5) is 0. The molecule has 0 N–H and O–H groups in total. The van der Waals surface area contributed by atoms with E-state index < -0.39 is 6.17 Å². The lowest BCUT2D eigenvalue weighted by Crippen LogP contribution is -1.97. The summed E-state index contributed by atoms with van der Waals surface area (Å²) in [7, 11) is 1.58. The fourth-order valence-corrected chi connectivity index (χ4v) is 1.32. The van der Waals surface area contributed by atoms with Crippen LogP contribution in [0.4, 0.5) is 4.39 Å². The van der Waals surface area contributed by atoms with Gasteiger partial charge in [0.05, 0.1) is 0 Å². The molecule has 0 saturated carbocycles. The van der Waals surface area contributed by atoms with Gasteiger partial charge in [0.25, 0.3) is 0 Å². The molecule has 0 fully saturated rings. The van der Waals surface area contributed by atoms with Crippen molar-refractivity contribution in [3.8, 4) is 0 Å². The average molecular weight is 247 g/mol. The molecular formula is C10H12BrFO. The average Bonchev–Trinajstić information content (AvgIpc) is 2.15. The maximum Gasteiger partial charge on any atom is 0.127 e. The Kier molecular flexibility index (Phi) is 4.39. The van der Waals surface area contributed by atoms with Gasteiger partial charge >= 0.3 is 0 Å². The number of hydrogen-bond acceptors (Lipinski definition) is 1. The van der Waals surface area contributed by atoms with Crippen LogP contribution in [0.5, 0.6) is 0 Å². The number of halogens is 2. The van der Waals surface area contributed by atoms with Crippen molar-refractivity contribution in [1.29, 1.82) is 0 Å². The van der Waals surface area contributed by atoms with Crippen molar-refractivity contribution in [2.24, 2.45) is 0 Å². The van der Waals surface area contributed by atoms with Crippen molar-refractivity contribution >= 4 is 15.9 Å². The third kappa shape index (κ3) is 3.44. The van der Waals surface area contributed by atoms with Crippen LogP contribution in [0.15, 0.2) is 28.7 Å². The van der Waals surface area contributed by atoms with E-state index in [2.05, 4.69) is 15.9 Å². The zero-order valence-electron chi connectivity index (χ0n) is 7.47. The topological polar surface area (TPSA) is 9.23 Å². The molecule has 1 nitrogen and oxygen atoms in total. The highest BCUT2D eigenvalue weighted by molar-refractivity contribution is 9.10. The highest BCUT2D eigenvalue weighted by atomic mass is 79.9. The molecule has 3 heteroatoms. The molecule has 0 aliphatic heterocycles. The first-order valence-electron chi connectivity index (χ1n) is 4.12. The first-order chi connectivity index (χ1) is 6.24. The van der Waals surface area contributed by atoms with Gasteiger partial charge in [-0.05, 0) is 17.7 Å². The highest BCUT2D eigenvalue weighted by Crippen LogP contribution is 2.22. The summed E-state index contributed by atoms with van der Waals surface area (Å²) in [5.41, 5.74) is 0.709. The molecule has 0 heterocycles. The molecule has 0 aliphatic rings. The monoisotopic (exact) mass is 246 g/mol. The number of alkyl halides is 1. The van der Waals surface area contributed by atoms with Gasteiger partial charge in [-0.1, -0.05) is 28.1 Å². The van der Waals surface area contributed by atoms with E-state index in [1.165, 1.54) is 0 Å². The van der Waals surface area contributed by atoms with E-state index >= 15 is 0 Å².